The van der Waals surface area contributed by atoms with Gasteiger partial charge in [-0.05, 0) is 68.0 Å². The van der Waals surface area contributed by atoms with E-state index in [1.807, 2.05) is 0 Å². The number of hydrogen-bond acceptors (Lipinski definition) is 12. The van der Waals surface area contributed by atoms with Crippen LogP contribution in [0.3, 0.4) is 0 Å². The zero-order chi connectivity index (χ0) is 35.1. The molecule has 15 heteroatoms. The summed E-state index contributed by atoms with van der Waals surface area (Å²) >= 11 is 0. The van der Waals surface area contributed by atoms with Crippen LogP contribution in [0.25, 0.3) is 6.08 Å². The second-order valence-corrected chi connectivity index (χ2v) is 10.1. The molecule has 2 atom stereocenters. The van der Waals surface area contributed by atoms with Crippen LogP contribution in [0.15, 0.2) is 48.5 Å². The molecule has 2 aromatic carbocycles. The first-order valence-corrected chi connectivity index (χ1v) is 15.1. The van der Waals surface area contributed by atoms with Gasteiger partial charge in [-0.2, -0.15) is 0 Å². The number of nitrogens with zero attached hydrogens (tertiary/aromatic N) is 1. The number of ether oxygens (including phenoxy) is 5. The van der Waals surface area contributed by atoms with Gasteiger partial charge in [0.2, 0.25) is 5.91 Å². The quantitative estimate of drug-likeness (QED) is 0.0657. The van der Waals surface area contributed by atoms with Gasteiger partial charge in [-0.15, -0.1) is 0 Å². The van der Waals surface area contributed by atoms with Gasteiger partial charge in [-0.1, -0.05) is 11.8 Å². The van der Waals surface area contributed by atoms with E-state index in [1.54, 1.807) is 50.5 Å². The van der Waals surface area contributed by atoms with Crippen molar-refractivity contribution in [1.82, 2.24) is 10.6 Å². The Morgan fingerprint density at radius 1 is 0.896 bits per heavy atom. The monoisotopic (exact) mass is 670 g/mol. The van der Waals surface area contributed by atoms with Gasteiger partial charge in [0.25, 0.3) is 0 Å². The lowest BCUT2D eigenvalue weighted by Crippen LogP contribution is -2.50. The normalized spacial score (nSPS) is 12.0. The molecule has 2 aromatic rings. The summed E-state index contributed by atoms with van der Waals surface area (Å²) in [5.74, 6) is 4.54. The van der Waals surface area contributed by atoms with Crippen LogP contribution in [-0.2, 0) is 33.3 Å². The average molecular weight is 671 g/mol. The summed E-state index contributed by atoms with van der Waals surface area (Å²) in [5.41, 5.74) is 1.56. The number of anilines is 1. The van der Waals surface area contributed by atoms with Crippen LogP contribution >= 0.6 is 0 Å². The minimum Gasteiger partial charge on any atom is -0.502 e. The van der Waals surface area contributed by atoms with Crippen molar-refractivity contribution in [3.05, 3.63) is 69.8 Å². The minimum atomic E-state index is -0.939. The Bertz CT molecular complexity index is 1420. The number of Topliss-reactive ketones (excluding diaryl/α,β-unsaturated/α-hetero) is 1. The number of amides is 2. The Labute approximate surface area is 279 Å². The van der Waals surface area contributed by atoms with Gasteiger partial charge in [-0.25, -0.2) is 4.79 Å². The van der Waals surface area contributed by atoms with Crippen molar-refractivity contribution in [2.45, 2.75) is 25.9 Å². The number of hydrogen-bond donors (Lipinski definition) is 4. The number of nitro groups is 1. The van der Waals surface area contributed by atoms with Crippen LogP contribution in [0.1, 0.15) is 25.0 Å². The van der Waals surface area contributed by atoms with E-state index in [-0.39, 0.29) is 31.2 Å². The number of alkyl carbamates (subject to hydrolysis) is 1. The van der Waals surface area contributed by atoms with Gasteiger partial charge in [0.15, 0.2) is 11.5 Å². The third-order valence-electron chi connectivity index (χ3n) is 6.33. The highest BCUT2D eigenvalue weighted by molar-refractivity contribution is 5.93. The van der Waals surface area contributed by atoms with E-state index in [4.69, 9.17) is 23.7 Å². The maximum atomic E-state index is 12.6. The van der Waals surface area contributed by atoms with E-state index < -0.39 is 34.8 Å². The Balaban J connectivity index is 1.62. The molecule has 0 saturated carbocycles. The van der Waals surface area contributed by atoms with Crippen LogP contribution in [0.5, 0.6) is 5.75 Å². The minimum absolute atomic E-state index is 0.0120. The summed E-state index contributed by atoms with van der Waals surface area (Å²) < 4.78 is 25.8. The Morgan fingerprint density at radius 3 is 2.12 bits per heavy atom. The highest BCUT2D eigenvalue weighted by Crippen LogP contribution is 2.26. The van der Waals surface area contributed by atoms with Crippen LogP contribution in [0, 0.1) is 22.0 Å². The summed E-state index contributed by atoms with van der Waals surface area (Å²) in [5, 5.41) is 28.5. The van der Waals surface area contributed by atoms with Gasteiger partial charge in [-0.3, -0.25) is 19.7 Å². The number of nitro benzene ring substituents is 1. The molecule has 4 N–H and O–H groups in total. The first kappa shape index (κ1) is 39.2. The van der Waals surface area contributed by atoms with Crippen LogP contribution in [0.4, 0.5) is 16.2 Å². The molecule has 0 aliphatic carbocycles. The maximum Gasteiger partial charge on any atom is 0.407 e. The SMILES string of the molecule is COCCOCCOCCOCCOC(=O)N[C@@H](C)C(=O)N[C@@H](C)C(=O)CNc1ccc(C#C/C=C/c2ccc([N+](=O)[O-])c(O)c2)cc1. The molecular formula is C33H42N4O11. The fourth-order valence-corrected chi connectivity index (χ4v) is 3.66. The molecule has 0 spiro atoms. The highest BCUT2D eigenvalue weighted by Gasteiger charge is 2.21. The van der Waals surface area contributed by atoms with Gasteiger partial charge in [0.05, 0.1) is 63.8 Å². The lowest BCUT2D eigenvalue weighted by Gasteiger charge is -2.18. The third-order valence-corrected chi connectivity index (χ3v) is 6.33. The Kier molecular flexibility index (Phi) is 18.4. The standard InChI is InChI=1S/C33H42N4O11/c1-24(35-32(40)25(2)36-33(41)48-21-20-47-19-18-46-17-16-45-15-14-44-3)31(39)23-34-28-11-8-26(9-12-28)6-4-5-7-27-10-13-29(37(42)43)30(38)22-27/h5,7-13,22,24-25,34,38H,14-21,23H2,1-3H3,(H,35,40)(H,36,41)/b7-5+/t24-,25-/m0/s1. The molecular weight excluding hydrogens is 628 g/mol. The van der Waals surface area contributed by atoms with Gasteiger partial charge >= 0.3 is 11.8 Å². The van der Waals surface area contributed by atoms with Crippen molar-refractivity contribution in [3.63, 3.8) is 0 Å². The van der Waals surface area contributed by atoms with E-state index in [2.05, 4.69) is 27.8 Å². The number of methoxy groups -OCH3 is 1. The third kappa shape index (κ3) is 16.0. The number of ketones is 1. The number of carbonyl (C=O) groups excluding carboxylic acids is 3. The molecule has 0 bridgehead atoms. The molecule has 2 rings (SSSR count). The predicted octanol–water partition coefficient (Wildman–Crippen LogP) is 2.66. The van der Waals surface area contributed by atoms with E-state index in [1.165, 1.54) is 25.1 Å². The highest BCUT2D eigenvalue weighted by atomic mass is 16.6. The molecule has 0 saturated heterocycles. The first-order valence-electron chi connectivity index (χ1n) is 15.1. The topological polar surface area (TPSA) is 197 Å². The van der Waals surface area contributed by atoms with Crippen molar-refractivity contribution in [1.29, 1.82) is 0 Å². The summed E-state index contributed by atoms with van der Waals surface area (Å²) in [6, 6.07) is 9.26. The molecule has 2 amide bonds. The second-order valence-electron chi connectivity index (χ2n) is 10.1. The van der Waals surface area contributed by atoms with Gasteiger partial charge in [0, 0.05) is 24.4 Å². The molecule has 0 aliphatic heterocycles. The molecule has 0 aliphatic rings. The summed E-state index contributed by atoms with van der Waals surface area (Å²) in [6.45, 7) is 5.74. The van der Waals surface area contributed by atoms with E-state index in [0.29, 0.717) is 56.5 Å². The fourth-order valence-electron chi connectivity index (χ4n) is 3.66. The van der Waals surface area contributed by atoms with Crippen LogP contribution < -0.4 is 16.0 Å². The number of phenolic OH excluding ortho intramolecular Hbond substituents is 1. The van der Waals surface area contributed by atoms with Crippen molar-refractivity contribution < 1.29 is 48.1 Å². The van der Waals surface area contributed by atoms with Crippen molar-refractivity contribution in [2.24, 2.45) is 0 Å². The summed E-state index contributed by atoms with van der Waals surface area (Å²) in [6.07, 6.45) is 2.38. The zero-order valence-electron chi connectivity index (χ0n) is 27.2. The average Bonchev–Trinajstić information content (AvgIpc) is 3.06. The smallest absolute Gasteiger partial charge is 0.407 e. The van der Waals surface area contributed by atoms with E-state index in [0.717, 1.165) is 0 Å². The summed E-state index contributed by atoms with van der Waals surface area (Å²) in [4.78, 5) is 47.1. The molecule has 0 aromatic heterocycles. The summed E-state index contributed by atoms with van der Waals surface area (Å²) in [7, 11) is 1.60. The number of allylic oxidation sites excluding steroid dienone is 1. The number of rotatable bonds is 21. The predicted molar refractivity (Wildman–Crippen MR) is 176 cm³/mol. The Hall–Kier alpha value is -5.01. The van der Waals surface area contributed by atoms with E-state index >= 15 is 0 Å². The van der Waals surface area contributed by atoms with E-state index in [9.17, 15) is 29.6 Å². The fraction of sp³-hybridized carbons (Fsp3) is 0.424. The number of nitrogens with one attached hydrogen (secondary N) is 3. The van der Waals surface area contributed by atoms with Gasteiger partial charge < -0.3 is 44.7 Å². The molecule has 0 radical (unpaired) electrons. The molecule has 15 nitrogen and oxygen atoms in total. The largest absolute Gasteiger partial charge is 0.502 e. The first-order chi connectivity index (χ1) is 23.1. The zero-order valence-corrected chi connectivity index (χ0v) is 27.2. The molecule has 0 unspecified atom stereocenters. The number of aromatic hydroxyl groups is 1. The molecule has 0 heterocycles. The molecule has 48 heavy (non-hydrogen) atoms. The second kappa shape index (κ2) is 22.5. The van der Waals surface area contributed by atoms with Crippen molar-refractivity contribution in [2.75, 3.05) is 71.8 Å². The maximum absolute atomic E-state index is 12.6. The lowest BCUT2D eigenvalue weighted by atomic mass is 10.1. The van der Waals surface area contributed by atoms with Crippen LogP contribution in [0.2, 0.25) is 0 Å². The molecule has 0 fully saturated rings. The number of phenols is 1. The molecule has 260 valence electrons. The lowest BCUT2D eigenvalue weighted by molar-refractivity contribution is -0.385. The van der Waals surface area contributed by atoms with Crippen molar-refractivity contribution in [3.8, 4) is 17.6 Å². The Morgan fingerprint density at radius 2 is 1.52 bits per heavy atom. The number of carbonyl (C=O) groups is 3. The number of benzene rings is 2. The van der Waals surface area contributed by atoms with Crippen molar-refractivity contribution >= 4 is 35.2 Å². The van der Waals surface area contributed by atoms with Gasteiger partial charge in [0.1, 0.15) is 12.6 Å². The van der Waals surface area contributed by atoms with Crippen LogP contribution in [-0.4, -0.2) is 106 Å².